The lowest BCUT2D eigenvalue weighted by molar-refractivity contribution is 0.102. The van der Waals surface area contributed by atoms with Crippen LogP contribution < -0.4 is 5.32 Å². The fourth-order valence-corrected chi connectivity index (χ4v) is 2.37. The van der Waals surface area contributed by atoms with Gasteiger partial charge in [0, 0.05) is 29.2 Å². The van der Waals surface area contributed by atoms with E-state index >= 15 is 0 Å². The Morgan fingerprint density at radius 1 is 1.09 bits per heavy atom. The number of hydrogen-bond acceptors (Lipinski definition) is 3. The SMILES string of the molecule is CCc1cc(C(=O)Nc2cnccc2-c2ccccc2)ccn1. The Hall–Kier alpha value is -3.01. The van der Waals surface area contributed by atoms with Crippen molar-refractivity contribution >= 4 is 11.6 Å². The maximum absolute atomic E-state index is 12.5. The number of benzene rings is 1. The standard InChI is InChI=1S/C19H17N3O/c1-2-16-12-15(8-11-21-16)19(23)22-18-13-20-10-9-17(18)14-6-4-3-5-7-14/h3-13H,2H2,1H3,(H,22,23). The van der Waals surface area contributed by atoms with E-state index in [9.17, 15) is 4.79 Å². The largest absolute Gasteiger partial charge is 0.320 e. The summed E-state index contributed by atoms with van der Waals surface area (Å²) in [6, 6.07) is 15.3. The molecule has 0 spiro atoms. The number of anilines is 1. The molecule has 114 valence electrons. The molecule has 0 atom stereocenters. The number of aromatic nitrogens is 2. The van der Waals surface area contributed by atoms with E-state index < -0.39 is 0 Å². The average molecular weight is 303 g/mol. The molecule has 1 N–H and O–H groups in total. The van der Waals surface area contributed by atoms with Crippen molar-refractivity contribution in [2.45, 2.75) is 13.3 Å². The predicted molar refractivity (Wildman–Crippen MR) is 91.2 cm³/mol. The van der Waals surface area contributed by atoms with Crippen molar-refractivity contribution in [3.63, 3.8) is 0 Å². The average Bonchev–Trinajstić information content (AvgIpc) is 2.63. The molecule has 4 nitrogen and oxygen atoms in total. The molecular formula is C19H17N3O. The lowest BCUT2D eigenvalue weighted by atomic mass is 10.1. The Labute approximate surface area is 135 Å². The second kappa shape index (κ2) is 6.83. The summed E-state index contributed by atoms with van der Waals surface area (Å²) in [5.74, 6) is -0.160. The Bertz CT molecular complexity index is 816. The van der Waals surface area contributed by atoms with Gasteiger partial charge in [0.2, 0.25) is 0 Å². The van der Waals surface area contributed by atoms with Crippen molar-refractivity contribution in [2.24, 2.45) is 0 Å². The summed E-state index contributed by atoms with van der Waals surface area (Å²) < 4.78 is 0. The van der Waals surface area contributed by atoms with Gasteiger partial charge in [0.15, 0.2) is 0 Å². The van der Waals surface area contributed by atoms with E-state index in [0.29, 0.717) is 11.3 Å². The quantitative estimate of drug-likeness (QED) is 0.793. The molecule has 4 heteroatoms. The number of carbonyl (C=O) groups excluding carboxylic acids is 1. The molecule has 23 heavy (non-hydrogen) atoms. The number of carbonyl (C=O) groups is 1. The summed E-state index contributed by atoms with van der Waals surface area (Å²) in [4.78, 5) is 20.8. The van der Waals surface area contributed by atoms with Crippen molar-refractivity contribution in [2.75, 3.05) is 5.32 Å². The van der Waals surface area contributed by atoms with Gasteiger partial charge in [-0.15, -0.1) is 0 Å². The minimum atomic E-state index is -0.160. The molecule has 2 heterocycles. The van der Waals surface area contributed by atoms with Gasteiger partial charge in [-0.25, -0.2) is 0 Å². The molecule has 1 amide bonds. The molecule has 0 radical (unpaired) electrons. The first kappa shape index (κ1) is 14.9. The van der Waals surface area contributed by atoms with Gasteiger partial charge in [0.05, 0.1) is 11.9 Å². The molecule has 0 aliphatic heterocycles. The first-order valence-corrected chi connectivity index (χ1v) is 7.53. The minimum Gasteiger partial charge on any atom is -0.320 e. The molecular weight excluding hydrogens is 286 g/mol. The number of rotatable bonds is 4. The molecule has 3 aromatic rings. The Balaban J connectivity index is 1.90. The summed E-state index contributed by atoms with van der Waals surface area (Å²) >= 11 is 0. The first-order valence-electron chi connectivity index (χ1n) is 7.53. The number of nitrogens with zero attached hydrogens (tertiary/aromatic N) is 2. The van der Waals surface area contributed by atoms with Crippen LogP contribution in [0.15, 0.2) is 67.1 Å². The number of nitrogens with one attached hydrogen (secondary N) is 1. The highest BCUT2D eigenvalue weighted by atomic mass is 16.1. The third kappa shape index (κ3) is 3.43. The van der Waals surface area contributed by atoms with Crippen LogP contribution in [0.25, 0.3) is 11.1 Å². The Morgan fingerprint density at radius 3 is 2.70 bits per heavy atom. The van der Waals surface area contributed by atoms with Crippen molar-refractivity contribution in [1.82, 2.24) is 9.97 Å². The van der Waals surface area contributed by atoms with Crippen LogP contribution in [0.5, 0.6) is 0 Å². The smallest absolute Gasteiger partial charge is 0.255 e. The number of hydrogen-bond donors (Lipinski definition) is 1. The molecule has 0 fully saturated rings. The lowest BCUT2D eigenvalue weighted by Crippen LogP contribution is -2.13. The maximum Gasteiger partial charge on any atom is 0.255 e. The van der Waals surface area contributed by atoms with E-state index in [1.54, 1.807) is 24.7 Å². The van der Waals surface area contributed by atoms with Gasteiger partial charge in [0.25, 0.3) is 5.91 Å². The molecule has 0 aliphatic carbocycles. The van der Waals surface area contributed by atoms with Crippen LogP contribution in [-0.2, 0) is 6.42 Å². The fourth-order valence-electron chi connectivity index (χ4n) is 2.37. The Kier molecular flexibility index (Phi) is 4.43. The topological polar surface area (TPSA) is 54.9 Å². The second-order valence-electron chi connectivity index (χ2n) is 5.13. The molecule has 0 aliphatic rings. The van der Waals surface area contributed by atoms with E-state index in [-0.39, 0.29) is 5.91 Å². The number of aryl methyl sites for hydroxylation is 1. The van der Waals surface area contributed by atoms with E-state index in [4.69, 9.17) is 0 Å². The van der Waals surface area contributed by atoms with Crippen molar-refractivity contribution in [3.8, 4) is 11.1 Å². The van der Waals surface area contributed by atoms with E-state index in [1.807, 2.05) is 49.4 Å². The maximum atomic E-state index is 12.5. The van der Waals surface area contributed by atoms with Gasteiger partial charge in [-0.1, -0.05) is 37.3 Å². The van der Waals surface area contributed by atoms with Crippen LogP contribution in [0.4, 0.5) is 5.69 Å². The summed E-state index contributed by atoms with van der Waals surface area (Å²) in [5, 5.41) is 2.95. The molecule has 0 saturated carbocycles. The summed E-state index contributed by atoms with van der Waals surface area (Å²) in [7, 11) is 0. The zero-order valence-corrected chi connectivity index (χ0v) is 12.9. The van der Waals surface area contributed by atoms with Crippen LogP contribution >= 0.6 is 0 Å². The highest BCUT2D eigenvalue weighted by molar-refractivity contribution is 6.06. The van der Waals surface area contributed by atoms with Crippen molar-refractivity contribution < 1.29 is 4.79 Å². The zero-order valence-electron chi connectivity index (χ0n) is 12.9. The first-order chi connectivity index (χ1) is 11.3. The van der Waals surface area contributed by atoms with Gasteiger partial charge in [-0.05, 0) is 30.2 Å². The zero-order chi connectivity index (χ0) is 16.1. The van der Waals surface area contributed by atoms with Gasteiger partial charge >= 0.3 is 0 Å². The second-order valence-corrected chi connectivity index (χ2v) is 5.13. The van der Waals surface area contributed by atoms with E-state index in [0.717, 1.165) is 23.2 Å². The summed E-state index contributed by atoms with van der Waals surface area (Å²) in [6.07, 6.45) is 5.85. The van der Waals surface area contributed by atoms with Crippen LogP contribution in [0, 0.1) is 0 Å². The molecule has 3 rings (SSSR count). The van der Waals surface area contributed by atoms with Crippen LogP contribution in [0.2, 0.25) is 0 Å². The highest BCUT2D eigenvalue weighted by Gasteiger charge is 2.11. The molecule has 0 saturated heterocycles. The number of amides is 1. The minimum absolute atomic E-state index is 0.160. The van der Waals surface area contributed by atoms with E-state index in [1.165, 1.54) is 0 Å². The monoisotopic (exact) mass is 303 g/mol. The number of pyridine rings is 2. The summed E-state index contributed by atoms with van der Waals surface area (Å²) in [5.41, 5.74) is 4.17. The Morgan fingerprint density at radius 2 is 1.91 bits per heavy atom. The summed E-state index contributed by atoms with van der Waals surface area (Å²) in [6.45, 7) is 2.01. The van der Waals surface area contributed by atoms with Gasteiger partial charge in [-0.2, -0.15) is 0 Å². The van der Waals surface area contributed by atoms with E-state index in [2.05, 4.69) is 15.3 Å². The third-order valence-corrected chi connectivity index (χ3v) is 3.60. The molecule has 2 aromatic heterocycles. The molecule has 0 unspecified atom stereocenters. The van der Waals surface area contributed by atoms with Crippen molar-refractivity contribution in [3.05, 3.63) is 78.4 Å². The predicted octanol–water partition coefficient (Wildman–Crippen LogP) is 3.96. The third-order valence-electron chi connectivity index (χ3n) is 3.60. The fraction of sp³-hybridized carbons (Fsp3) is 0.105. The molecule has 0 bridgehead atoms. The normalized spacial score (nSPS) is 10.3. The van der Waals surface area contributed by atoms with Crippen LogP contribution in [0.1, 0.15) is 23.0 Å². The lowest BCUT2D eigenvalue weighted by Gasteiger charge is -2.11. The molecule has 1 aromatic carbocycles. The van der Waals surface area contributed by atoms with Crippen LogP contribution in [-0.4, -0.2) is 15.9 Å². The highest BCUT2D eigenvalue weighted by Crippen LogP contribution is 2.27. The van der Waals surface area contributed by atoms with Gasteiger partial charge in [-0.3, -0.25) is 14.8 Å². The van der Waals surface area contributed by atoms with Gasteiger partial charge in [0.1, 0.15) is 0 Å². The van der Waals surface area contributed by atoms with Gasteiger partial charge < -0.3 is 5.32 Å². The van der Waals surface area contributed by atoms with Crippen molar-refractivity contribution in [1.29, 1.82) is 0 Å². The van der Waals surface area contributed by atoms with Crippen LogP contribution in [0.3, 0.4) is 0 Å².